The molecule has 1 amide bonds. The Morgan fingerprint density at radius 1 is 1.39 bits per heavy atom. The number of hydrogen-bond acceptors (Lipinski definition) is 4. The van der Waals surface area contributed by atoms with Crippen molar-refractivity contribution in [2.24, 2.45) is 5.92 Å². The number of hydrogen-bond donors (Lipinski definition) is 1. The lowest BCUT2D eigenvalue weighted by atomic mass is 10.0. The predicted molar refractivity (Wildman–Crippen MR) is 88.7 cm³/mol. The van der Waals surface area contributed by atoms with Crippen molar-refractivity contribution >= 4 is 29.1 Å². The molecule has 0 aliphatic heterocycles. The summed E-state index contributed by atoms with van der Waals surface area (Å²) in [5, 5.41) is 11.5. The molecule has 124 valence electrons. The van der Waals surface area contributed by atoms with Gasteiger partial charge in [0.15, 0.2) is 6.61 Å². The van der Waals surface area contributed by atoms with Gasteiger partial charge in [-0.05, 0) is 24.1 Å². The summed E-state index contributed by atoms with van der Waals surface area (Å²) >= 11 is 11.8. The van der Waals surface area contributed by atoms with E-state index in [4.69, 9.17) is 27.9 Å². The Hall–Kier alpha value is -1.79. The van der Waals surface area contributed by atoms with Gasteiger partial charge in [0, 0.05) is 11.2 Å². The first kappa shape index (κ1) is 17.6. The van der Waals surface area contributed by atoms with Gasteiger partial charge < -0.3 is 10.1 Å². The van der Waals surface area contributed by atoms with Crippen LogP contribution >= 0.6 is 23.2 Å². The largest absolute Gasteiger partial charge is 0.482 e. The van der Waals surface area contributed by atoms with Crippen LogP contribution in [0.1, 0.15) is 13.8 Å². The number of halogens is 2. The van der Waals surface area contributed by atoms with E-state index in [1.54, 1.807) is 35.3 Å². The van der Waals surface area contributed by atoms with E-state index in [1.165, 1.54) is 0 Å². The lowest BCUT2D eigenvalue weighted by Gasteiger charge is -2.22. The van der Waals surface area contributed by atoms with E-state index in [-0.39, 0.29) is 24.5 Å². The molecule has 0 aliphatic carbocycles. The Morgan fingerprint density at radius 3 is 2.78 bits per heavy atom. The van der Waals surface area contributed by atoms with Gasteiger partial charge in [-0.15, -0.1) is 5.10 Å². The second kappa shape index (κ2) is 8.17. The first-order chi connectivity index (χ1) is 11.0. The third-order valence-electron chi connectivity index (χ3n) is 3.26. The number of amides is 1. The monoisotopic (exact) mass is 356 g/mol. The van der Waals surface area contributed by atoms with Crippen LogP contribution in [0.5, 0.6) is 5.75 Å². The number of ether oxygens (including phenoxy) is 1. The predicted octanol–water partition coefficient (Wildman–Crippen LogP) is 2.80. The molecule has 1 heterocycles. The van der Waals surface area contributed by atoms with E-state index < -0.39 is 0 Å². The Morgan fingerprint density at radius 2 is 2.17 bits per heavy atom. The van der Waals surface area contributed by atoms with Crippen molar-refractivity contribution in [2.75, 3.05) is 6.61 Å². The highest BCUT2D eigenvalue weighted by Crippen LogP contribution is 2.27. The summed E-state index contributed by atoms with van der Waals surface area (Å²) in [6, 6.07) is 4.78. The molecule has 0 unspecified atom stereocenters. The van der Waals surface area contributed by atoms with E-state index in [0.29, 0.717) is 22.3 Å². The van der Waals surface area contributed by atoms with Crippen LogP contribution in [-0.4, -0.2) is 33.5 Å². The molecule has 23 heavy (non-hydrogen) atoms. The molecule has 0 saturated heterocycles. The molecule has 0 spiro atoms. The lowest BCUT2D eigenvalue weighted by Crippen LogP contribution is -2.43. The zero-order chi connectivity index (χ0) is 16.8. The summed E-state index contributed by atoms with van der Waals surface area (Å²) < 4.78 is 7.11. The van der Waals surface area contributed by atoms with Crippen LogP contribution in [0.4, 0.5) is 0 Å². The first-order valence-electron chi connectivity index (χ1n) is 7.17. The first-order valence-corrected chi connectivity index (χ1v) is 7.92. The highest BCUT2D eigenvalue weighted by atomic mass is 35.5. The number of rotatable bonds is 7. The van der Waals surface area contributed by atoms with Crippen molar-refractivity contribution in [3.05, 3.63) is 40.6 Å². The molecule has 0 bridgehead atoms. The molecule has 0 aliphatic rings. The fraction of sp³-hybridized carbons (Fsp3) is 0.400. The van der Waals surface area contributed by atoms with Crippen LogP contribution in [0, 0.1) is 5.92 Å². The second-order valence-electron chi connectivity index (χ2n) is 5.41. The van der Waals surface area contributed by atoms with E-state index >= 15 is 0 Å². The van der Waals surface area contributed by atoms with Gasteiger partial charge in [-0.3, -0.25) is 9.48 Å². The zero-order valence-corrected chi connectivity index (χ0v) is 14.4. The molecule has 1 aromatic heterocycles. The van der Waals surface area contributed by atoms with Crippen molar-refractivity contribution in [1.29, 1.82) is 0 Å². The maximum atomic E-state index is 12.1. The fourth-order valence-corrected chi connectivity index (χ4v) is 2.40. The van der Waals surface area contributed by atoms with E-state index in [0.717, 1.165) is 0 Å². The number of carbonyl (C=O) groups excluding carboxylic acids is 1. The Bertz CT molecular complexity index is 647. The number of benzene rings is 1. The number of nitrogens with zero attached hydrogens (tertiary/aromatic N) is 3. The van der Waals surface area contributed by atoms with E-state index in [1.807, 2.05) is 13.8 Å². The lowest BCUT2D eigenvalue weighted by molar-refractivity contribution is -0.124. The molecule has 1 atom stereocenters. The third kappa shape index (κ3) is 5.41. The summed E-state index contributed by atoms with van der Waals surface area (Å²) in [6.45, 7) is 4.48. The second-order valence-corrected chi connectivity index (χ2v) is 6.25. The Balaban J connectivity index is 1.89. The molecule has 0 radical (unpaired) electrons. The SMILES string of the molecule is CC(C)[C@H](Cn1ccnn1)NC(=O)COc1ccc(Cl)cc1Cl. The van der Waals surface area contributed by atoms with Crippen molar-refractivity contribution in [2.45, 2.75) is 26.4 Å². The van der Waals surface area contributed by atoms with Crippen molar-refractivity contribution in [3.63, 3.8) is 0 Å². The highest BCUT2D eigenvalue weighted by molar-refractivity contribution is 6.35. The van der Waals surface area contributed by atoms with Crippen molar-refractivity contribution in [1.82, 2.24) is 20.3 Å². The molecule has 1 aromatic carbocycles. The molecule has 6 nitrogen and oxygen atoms in total. The Labute approximate surface area is 144 Å². The van der Waals surface area contributed by atoms with E-state index in [9.17, 15) is 4.79 Å². The van der Waals surface area contributed by atoms with Crippen molar-refractivity contribution < 1.29 is 9.53 Å². The van der Waals surface area contributed by atoms with Gasteiger partial charge in [-0.25, -0.2) is 0 Å². The number of aromatic nitrogens is 3. The summed E-state index contributed by atoms with van der Waals surface area (Å²) in [5.74, 6) is 0.431. The fourth-order valence-electron chi connectivity index (χ4n) is 1.94. The third-order valence-corrected chi connectivity index (χ3v) is 3.79. The average Bonchev–Trinajstić information content (AvgIpc) is 2.98. The normalized spacial score (nSPS) is 12.2. The standard InChI is InChI=1S/C15H18Cl2N4O2/c1-10(2)13(8-21-6-5-18-20-21)19-15(22)9-23-14-4-3-11(16)7-12(14)17/h3-7,10,13H,8-9H2,1-2H3,(H,19,22)/t13-/m0/s1. The Kier molecular flexibility index (Phi) is 6.24. The van der Waals surface area contributed by atoms with Gasteiger partial charge in [0.25, 0.3) is 5.91 Å². The number of carbonyl (C=O) groups is 1. The summed E-state index contributed by atoms with van der Waals surface area (Å²) in [5.41, 5.74) is 0. The van der Waals surface area contributed by atoms with Gasteiger partial charge >= 0.3 is 0 Å². The molecule has 0 saturated carbocycles. The van der Waals surface area contributed by atoms with Crippen LogP contribution in [0.15, 0.2) is 30.6 Å². The van der Waals surface area contributed by atoms with Crippen molar-refractivity contribution in [3.8, 4) is 5.75 Å². The molecule has 8 heteroatoms. The molecular formula is C15H18Cl2N4O2. The quantitative estimate of drug-likeness (QED) is 0.827. The maximum Gasteiger partial charge on any atom is 0.258 e. The average molecular weight is 357 g/mol. The minimum absolute atomic E-state index is 0.0755. The van der Waals surface area contributed by atoms with Gasteiger partial charge in [0.05, 0.1) is 23.8 Å². The van der Waals surface area contributed by atoms with E-state index in [2.05, 4.69) is 15.6 Å². The van der Waals surface area contributed by atoms with Crippen LogP contribution in [0.3, 0.4) is 0 Å². The van der Waals surface area contributed by atoms with Gasteiger partial charge in [-0.1, -0.05) is 42.3 Å². The topological polar surface area (TPSA) is 69.0 Å². The van der Waals surface area contributed by atoms with Gasteiger partial charge in [0.2, 0.25) is 0 Å². The summed E-state index contributed by atoms with van der Waals surface area (Å²) in [6.07, 6.45) is 3.36. The van der Waals surface area contributed by atoms with Gasteiger partial charge in [0.1, 0.15) is 5.75 Å². The van der Waals surface area contributed by atoms with Gasteiger partial charge in [-0.2, -0.15) is 0 Å². The molecule has 0 fully saturated rings. The minimum atomic E-state index is -0.227. The summed E-state index contributed by atoms with van der Waals surface area (Å²) in [7, 11) is 0. The van der Waals surface area contributed by atoms with Crippen LogP contribution < -0.4 is 10.1 Å². The van der Waals surface area contributed by atoms with Crippen LogP contribution in [-0.2, 0) is 11.3 Å². The smallest absolute Gasteiger partial charge is 0.258 e. The summed E-state index contributed by atoms with van der Waals surface area (Å²) in [4.78, 5) is 12.1. The zero-order valence-electron chi connectivity index (χ0n) is 12.9. The maximum absolute atomic E-state index is 12.1. The molecule has 2 aromatic rings. The molecular weight excluding hydrogens is 339 g/mol. The molecule has 1 N–H and O–H groups in total. The molecule has 2 rings (SSSR count). The number of nitrogens with one attached hydrogen (secondary N) is 1. The minimum Gasteiger partial charge on any atom is -0.482 e. The highest BCUT2D eigenvalue weighted by Gasteiger charge is 2.18. The van der Waals surface area contributed by atoms with Crippen LogP contribution in [0.25, 0.3) is 0 Å². The van der Waals surface area contributed by atoms with Crippen LogP contribution in [0.2, 0.25) is 10.0 Å².